The first-order chi connectivity index (χ1) is 8.51. The molecule has 0 amide bonds. The highest BCUT2D eigenvalue weighted by Crippen LogP contribution is 2.32. The number of halogens is 3. The number of methoxy groups -OCH3 is 1. The van der Waals surface area contributed by atoms with Crippen molar-refractivity contribution in [2.75, 3.05) is 13.7 Å². The van der Waals surface area contributed by atoms with Crippen LogP contribution in [-0.2, 0) is 16.0 Å². The van der Waals surface area contributed by atoms with Gasteiger partial charge in [-0.2, -0.15) is 0 Å². The number of nitrogens with zero attached hydrogens (tertiary/aromatic N) is 1. The van der Waals surface area contributed by atoms with Gasteiger partial charge >= 0.3 is 5.97 Å². The topological polar surface area (TPSA) is 48.4 Å². The van der Waals surface area contributed by atoms with Crippen LogP contribution in [0.15, 0.2) is 6.20 Å². The number of esters is 1. The number of pyridine rings is 1. The summed E-state index contributed by atoms with van der Waals surface area (Å²) in [5.41, 5.74) is 0.0878. The van der Waals surface area contributed by atoms with E-state index in [-0.39, 0.29) is 28.0 Å². The number of carbonyl (C=O) groups is 1. The van der Waals surface area contributed by atoms with Crippen LogP contribution in [0, 0.1) is 3.57 Å². The third-order valence-electron chi connectivity index (χ3n) is 2.13. The van der Waals surface area contributed by atoms with Gasteiger partial charge in [0.15, 0.2) is 0 Å². The highest BCUT2D eigenvalue weighted by Gasteiger charge is 2.21. The zero-order valence-electron chi connectivity index (χ0n) is 9.87. The number of aromatic nitrogens is 1. The fraction of sp³-hybridized carbons (Fsp3) is 0.455. The average molecular weight is 371 g/mol. The molecule has 1 rings (SSSR count). The lowest BCUT2D eigenvalue weighted by Gasteiger charge is -2.12. The van der Waals surface area contributed by atoms with Gasteiger partial charge < -0.3 is 9.47 Å². The molecule has 0 aromatic carbocycles. The van der Waals surface area contributed by atoms with Gasteiger partial charge in [-0.25, -0.2) is 8.78 Å². The standard InChI is InChI=1S/C11H12F2INO3/c1-3-18-7(16)4-6-5-15-9(11(12)13)8(14)10(6)17-2/h5,11H,3-4H2,1-2H3. The predicted molar refractivity (Wildman–Crippen MR) is 68.8 cm³/mol. The van der Waals surface area contributed by atoms with Gasteiger partial charge in [0.1, 0.15) is 11.4 Å². The van der Waals surface area contributed by atoms with Crippen LogP contribution in [-0.4, -0.2) is 24.7 Å². The van der Waals surface area contributed by atoms with E-state index in [4.69, 9.17) is 9.47 Å². The Balaban J connectivity index is 3.07. The summed E-state index contributed by atoms with van der Waals surface area (Å²) in [5.74, 6) is -0.202. The van der Waals surface area contributed by atoms with Gasteiger partial charge in [0.05, 0.1) is 23.7 Å². The van der Waals surface area contributed by atoms with Crippen molar-refractivity contribution in [3.05, 3.63) is 21.0 Å². The van der Waals surface area contributed by atoms with Crippen molar-refractivity contribution in [3.8, 4) is 5.75 Å². The maximum atomic E-state index is 12.6. The summed E-state index contributed by atoms with van der Waals surface area (Å²) in [6.45, 7) is 1.96. The molecule has 18 heavy (non-hydrogen) atoms. The molecule has 4 nitrogen and oxygen atoms in total. The molecule has 0 fully saturated rings. The molecule has 0 saturated carbocycles. The molecule has 0 aliphatic heterocycles. The van der Waals surface area contributed by atoms with Crippen molar-refractivity contribution in [2.45, 2.75) is 19.8 Å². The molecular formula is C11H12F2INO3. The van der Waals surface area contributed by atoms with Crippen LogP contribution in [0.5, 0.6) is 5.75 Å². The molecular weight excluding hydrogens is 359 g/mol. The molecule has 1 heterocycles. The third kappa shape index (κ3) is 3.50. The summed E-state index contributed by atoms with van der Waals surface area (Å²) in [7, 11) is 1.36. The second-order valence-corrected chi connectivity index (χ2v) is 4.38. The fourth-order valence-corrected chi connectivity index (χ4v) is 2.33. The normalized spacial score (nSPS) is 10.6. The predicted octanol–water partition coefficient (Wildman–Crippen LogP) is 2.74. The van der Waals surface area contributed by atoms with Crippen molar-refractivity contribution >= 4 is 28.6 Å². The van der Waals surface area contributed by atoms with Crippen molar-refractivity contribution in [3.63, 3.8) is 0 Å². The van der Waals surface area contributed by atoms with Gasteiger partial charge in [-0.3, -0.25) is 9.78 Å². The molecule has 0 saturated heterocycles. The minimum Gasteiger partial charge on any atom is -0.495 e. The van der Waals surface area contributed by atoms with E-state index < -0.39 is 12.4 Å². The van der Waals surface area contributed by atoms with Crippen LogP contribution >= 0.6 is 22.6 Å². The summed E-state index contributed by atoms with van der Waals surface area (Å²) >= 11 is 1.73. The van der Waals surface area contributed by atoms with Crippen LogP contribution in [0.4, 0.5) is 8.78 Å². The number of ether oxygens (including phenoxy) is 2. The van der Waals surface area contributed by atoms with Gasteiger partial charge in [-0.05, 0) is 29.5 Å². The molecule has 0 aliphatic rings. The minimum atomic E-state index is -2.68. The fourth-order valence-electron chi connectivity index (χ4n) is 1.39. The van der Waals surface area contributed by atoms with Gasteiger partial charge in [0.2, 0.25) is 0 Å². The Morgan fingerprint density at radius 3 is 2.72 bits per heavy atom. The first kappa shape index (κ1) is 15.1. The number of rotatable bonds is 5. The van der Waals surface area contributed by atoms with E-state index in [1.54, 1.807) is 29.5 Å². The van der Waals surface area contributed by atoms with Crippen LogP contribution in [0.25, 0.3) is 0 Å². The second-order valence-electron chi connectivity index (χ2n) is 3.30. The summed E-state index contributed by atoms with van der Waals surface area (Å²) in [6, 6.07) is 0. The number of hydrogen-bond acceptors (Lipinski definition) is 4. The van der Waals surface area contributed by atoms with Crippen LogP contribution in [0.1, 0.15) is 24.6 Å². The summed E-state index contributed by atoms with van der Waals surface area (Å²) in [6.07, 6.45) is -1.51. The zero-order valence-corrected chi connectivity index (χ0v) is 12.0. The molecule has 1 aromatic heterocycles. The van der Waals surface area contributed by atoms with E-state index in [2.05, 4.69) is 4.98 Å². The Kier molecular flexibility index (Phi) is 5.70. The maximum absolute atomic E-state index is 12.6. The number of alkyl halides is 2. The van der Waals surface area contributed by atoms with Crippen molar-refractivity contribution in [2.24, 2.45) is 0 Å². The van der Waals surface area contributed by atoms with Crippen LogP contribution in [0.2, 0.25) is 0 Å². The monoisotopic (exact) mass is 371 g/mol. The lowest BCUT2D eigenvalue weighted by Crippen LogP contribution is -2.10. The lowest BCUT2D eigenvalue weighted by molar-refractivity contribution is -0.142. The second kappa shape index (κ2) is 6.81. The highest BCUT2D eigenvalue weighted by molar-refractivity contribution is 14.1. The van der Waals surface area contributed by atoms with Crippen LogP contribution < -0.4 is 4.74 Å². The summed E-state index contributed by atoms with van der Waals surface area (Å²) < 4.78 is 35.4. The molecule has 100 valence electrons. The SMILES string of the molecule is CCOC(=O)Cc1cnc(C(F)F)c(I)c1OC. The third-order valence-corrected chi connectivity index (χ3v) is 3.17. The van der Waals surface area contributed by atoms with Crippen molar-refractivity contribution in [1.29, 1.82) is 0 Å². The molecule has 0 unspecified atom stereocenters. The molecule has 0 radical (unpaired) electrons. The van der Waals surface area contributed by atoms with Crippen molar-refractivity contribution in [1.82, 2.24) is 4.98 Å². The van der Waals surface area contributed by atoms with E-state index in [0.717, 1.165) is 0 Å². The van der Waals surface area contributed by atoms with E-state index in [9.17, 15) is 13.6 Å². The number of hydrogen-bond donors (Lipinski definition) is 0. The Labute approximate surface area is 117 Å². The van der Waals surface area contributed by atoms with Gasteiger partial charge in [0, 0.05) is 11.8 Å². The Morgan fingerprint density at radius 2 is 2.22 bits per heavy atom. The molecule has 0 bridgehead atoms. The van der Waals surface area contributed by atoms with E-state index >= 15 is 0 Å². The van der Waals surface area contributed by atoms with Gasteiger partial charge in [-0.15, -0.1) is 0 Å². The van der Waals surface area contributed by atoms with Gasteiger partial charge in [-0.1, -0.05) is 0 Å². The largest absolute Gasteiger partial charge is 0.495 e. The smallest absolute Gasteiger partial charge is 0.310 e. The molecule has 0 N–H and O–H groups in total. The highest BCUT2D eigenvalue weighted by atomic mass is 127. The number of carbonyl (C=O) groups excluding carboxylic acids is 1. The van der Waals surface area contributed by atoms with Gasteiger partial charge in [0.25, 0.3) is 6.43 Å². The first-order valence-electron chi connectivity index (χ1n) is 5.16. The molecule has 1 aromatic rings. The Hall–Kier alpha value is -0.990. The minimum absolute atomic E-state index is 0.0521. The first-order valence-corrected chi connectivity index (χ1v) is 6.24. The summed E-state index contributed by atoms with van der Waals surface area (Å²) in [4.78, 5) is 15.0. The Bertz CT molecular complexity index is 441. The zero-order chi connectivity index (χ0) is 13.7. The quantitative estimate of drug-likeness (QED) is 0.590. The molecule has 7 heteroatoms. The van der Waals surface area contributed by atoms with E-state index in [1.807, 2.05) is 0 Å². The van der Waals surface area contributed by atoms with Crippen molar-refractivity contribution < 1.29 is 23.0 Å². The average Bonchev–Trinajstić information content (AvgIpc) is 2.29. The Morgan fingerprint density at radius 1 is 1.56 bits per heavy atom. The summed E-state index contributed by atoms with van der Waals surface area (Å²) in [5, 5.41) is 0. The lowest BCUT2D eigenvalue weighted by atomic mass is 10.1. The maximum Gasteiger partial charge on any atom is 0.310 e. The molecule has 0 atom stereocenters. The molecule has 0 spiro atoms. The van der Waals surface area contributed by atoms with E-state index in [0.29, 0.717) is 5.56 Å². The van der Waals surface area contributed by atoms with E-state index in [1.165, 1.54) is 13.3 Å². The van der Waals surface area contributed by atoms with Crippen LogP contribution in [0.3, 0.4) is 0 Å². The molecule has 0 aliphatic carbocycles.